The van der Waals surface area contributed by atoms with Crippen molar-refractivity contribution in [1.82, 2.24) is 20.4 Å². The quantitative estimate of drug-likeness (QED) is 0.554. The van der Waals surface area contributed by atoms with Gasteiger partial charge in [-0.25, -0.2) is 0 Å². The molecule has 1 unspecified atom stereocenters. The van der Waals surface area contributed by atoms with Crippen LogP contribution < -0.4 is 10.6 Å². The maximum absolute atomic E-state index is 3.26. The summed E-state index contributed by atoms with van der Waals surface area (Å²) in [7, 11) is 4.19. The van der Waals surface area contributed by atoms with Gasteiger partial charge < -0.3 is 0 Å². The van der Waals surface area contributed by atoms with Crippen LogP contribution in [0, 0.1) is 0 Å². The number of nitrogens with one attached hydrogen (secondary N) is 2. The molecule has 0 aromatic carbocycles. The third kappa shape index (κ3) is 2.41. The number of rotatable bonds is 2. The minimum absolute atomic E-state index is 0.496. The minimum atomic E-state index is 0.496. The topological polar surface area (TPSA) is 30.5 Å². The van der Waals surface area contributed by atoms with Crippen molar-refractivity contribution < 1.29 is 0 Å². The van der Waals surface area contributed by atoms with Crippen LogP contribution >= 0.6 is 0 Å². The molecule has 1 rings (SSSR count). The second-order valence-electron chi connectivity index (χ2n) is 3.18. The summed E-state index contributed by atoms with van der Waals surface area (Å²) in [4.78, 5) is 4.54. The van der Waals surface area contributed by atoms with Crippen LogP contribution in [-0.4, -0.2) is 50.1 Å². The Labute approximate surface area is 68.5 Å². The zero-order valence-corrected chi connectivity index (χ0v) is 7.59. The van der Waals surface area contributed by atoms with Gasteiger partial charge in [-0.05, 0) is 21.0 Å². The van der Waals surface area contributed by atoms with Gasteiger partial charge in [0.15, 0.2) is 0 Å². The highest BCUT2D eigenvalue weighted by molar-refractivity contribution is 4.66. The van der Waals surface area contributed by atoms with Crippen molar-refractivity contribution in [1.29, 1.82) is 0 Å². The molecule has 11 heavy (non-hydrogen) atoms. The third-order valence-corrected chi connectivity index (χ3v) is 2.16. The number of hydrogen-bond acceptors (Lipinski definition) is 4. The molecule has 1 aliphatic rings. The lowest BCUT2D eigenvalue weighted by molar-refractivity contribution is 0.0579. The van der Waals surface area contributed by atoms with Crippen molar-refractivity contribution in [2.24, 2.45) is 0 Å². The first-order valence-corrected chi connectivity index (χ1v) is 4.03. The molecule has 0 aromatic rings. The summed E-state index contributed by atoms with van der Waals surface area (Å²) < 4.78 is 0. The van der Waals surface area contributed by atoms with E-state index in [2.05, 4.69) is 41.5 Å². The van der Waals surface area contributed by atoms with Gasteiger partial charge in [0.1, 0.15) is 0 Å². The van der Waals surface area contributed by atoms with Gasteiger partial charge in [0.2, 0.25) is 0 Å². The normalized spacial score (nSPS) is 24.0. The summed E-state index contributed by atoms with van der Waals surface area (Å²) in [5.41, 5.74) is 0. The van der Waals surface area contributed by atoms with Gasteiger partial charge in [-0.3, -0.25) is 20.4 Å². The third-order valence-electron chi connectivity index (χ3n) is 2.16. The fraction of sp³-hybridized carbons (Fsp3) is 1.00. The zero-order chi connectivity index (χ0) is 8.27. The van der Waals surface area contributed by atoms with Gasteiger partial charge in [0.05, 0.1) is 19.5 Å². The van der Waals surface area contributed by atoms with E-state index in [4.69, 9.17) is 0 Å². The Morgan fingerprint density at radius 1 is 1.27 bits per heavy atom. The van der Waals surface area contributed by atoms with Crippen LogP contribution in [0.5, 0.6) is 0 Å². The lowest BCUT2D eigenvalue weighted by Crippen LogP contribution is -2.56. The maximum atomic E-state index is 3.26. The smallest absolute Gasteiger partial charge is 0.0611 e. The average Bonchev–Trinajstić information content (AvgIpc) is 2.05. The van der Waals surface area contributed by atoms with Gasteiger partial charge in [-0.1, -0.05) is 0 Å². The van der Waals surface area contributed by atoms with Crippen molar-refractivity contribution in [3.8, 4) is 0 Å². The molecule has 0 bridgehead atoms. The van der Waals surface area contributed by atoms with Crippen LogP contribution in [0.4, 0.5) is 0 Å². The monoisotopic (exact) mass is 158 g/mol. The van der Waals surface area contributed by atoms with Crippen LogP contribution in [0.15, 0.2) is 0 Å². The molecular weight excluding hydrogens is 140 g/mol. The molecule has 1 heterocycles. The van der Waals surface area contributed by atoms with Gasteiger partial charge >= 0.3 is 0 Å². The Bertz CT molecular complexity index is 109. The molecule has 66 valence electrons. The number of hydrogen-bond donors (Lipinski definition) is 2. The van der Waals surface area contributed by atoms with Crippen LogP contribution in [0.3, 0.4) is 0 Å². The van der Waals surface area contributed by atoms with Crippen molar-refractivity contribution in [2.75, 3.05) is 34.1 Å². The average molecular weight is 158 g/mol. The summed E-state index contributed by atoms with van der Waals surface area (Å²) in [6.45, 7) is 5.09. The fourth-order valence-electron chi connectivity index (χ4n) is 1.13. The first kappa shape index (κ1) is 8.93. The molecule has 0 amide bonds. The van der Waals surface area contributed by atoms with E-state index in [9.17, 15) is 0 Å². The molecule has 4 nitrogen and oxygen atoms in total. The van der Waals surface area contributed by atoms with Crippen LogP contribution in [0.1, 0.15) is 6.92 Å². The molecule has 0 saturated carbocycles. The lowest BCUT2D eigenvalue weighted by atomic mass is 10.4. The molecule has 0 spiro atoms. The van der Waals surface area contributed by atoms with Gasteiger partial charge in [0, 0.05) is 6.67 Å². The Morgan fingerprint density at radius 2 is 1.82 bits per heavy atom. The van der Waals surface area contributed by atoms with E-state index >= 15 is 0 Å². The second kappa shape index (κ2) is 4.01. The molecule has 4 heteroatoms. The first-order valence-electron chi connectivity index (χ1n) is 4.03. The van der Waals surface area contributed by atoms with E-state index in [1.807, 2.05) is 0 Å². The SMILES string of the molecule is CC(N(C)C)N1CNCNC1. The standard InChI is InChI=1S/C7H18N4/c1-7(10(2)3)11-5-8-4-9-6-11/h7-9H,4-6H2,1-3H3. The summed E-state index contributed by atoms with van der Waals surface area (Å²) in [6.07, 6.45) is 0.496. The van der Waals surface area contributed by atoms with Crippen molar-refractivity contribution >= 4 is 0 Å². The van der Waals surface area contributed by atoms with Crippen LogP contribution in [0.2, 0.25) is 0 Å². The van der Waals surface area contributed by atoms with Gasteiger partial charge in [-0.2, -0.15) is 0 Å². The molecule has 0 aromatic heterocycles. The predicted octanol–water partition coefficient (Wildman–Crippen LogP) is -0.739. The summed E-state index contributed by atoms with van der Waals surface area (Å²) >= 11 is 0. The summed E-state index contributed by atoms with van der Waals surface area (Å²) in [5.74, 6) is 0. The second-order valence-corrected chi connectivity index (χ2v) is 3.18. The zero-order valence-electron chi connectivity index (χ0n) is 7.59. The van der Waals surface area contributed by atoms with E-state index < -0.39 is 0 Å². The van der Waals surface area contributed by atoms with Gasteiger partial charge in [0.25, 0.3) is 0 Å². The maximum Gasteiger partial charge on any atom is 0.0611 e. The minimum Gasteiger partial charge on any atom is -0.294 e. The Hall–Kier alpha value is -0.160. The van der Waals surface area contributed by atoms with Crippen molar-refractivity contribution in [3.05, 3.63) is 0 Å². The van der Waals surface area contributed by atoms with E-state index in [1.165, 1.54) is 0 Å². The van der Waals surface area contributed by atoms with Gasteiger partial charge in [-0.15, -0.1) is 0 Å². The highest BCUT2D eigenvalue weighted by Crippen LogP contribution is 1.99. The first-order chi connectivity index (χ1) is 5.22. The van der Waals surface area contributed by atoms with E-state index in [-0.39, 0.29) is 0 Å². The van der Waals surface area contributed by atoms with E-state index in [0.29, 0.717) is 6.17 Å². The highest BCUT2D eigenvalue weighted by Gasteiger charge is 2.16. The lowest BCUT2D eigenvalue weighted by Gasteiger charge is -2.36. The summed E-state index contributed by atoms with van der Waals surface area (Å²) in [6, 6.07) is 0. The molecule has 1 atom stereocenters. The molecule has 1 saturated heterocycles. The molecule has 0 aliphatic carbocycles. The van der Waals surface area contributed by atoms with E-state index in [0.717, 1.165) is 20.0 Å². The van der Waals surface area contributed by atoms with Crippen molar-refractivity contribution in [2.45, 2.75) is 13.1 Å². The highest BCUT2D eigenvalue weighted by atomic mass is 15.4. The molecule has 0 radical (unpaired) electrons. The van der Waals surface area contributed by atoms with E-state index in [1.54, 1.807) is 0 Å². The Morgan fingerprint density at radius 3 is 2.27 bits per heavy atom. The molecular formula is C7H18N4. The Balaban J connectivity index is 2.32. The molecule has 1 fully saturated rings. The number of nitrogens with zero attached hydrogens (tertiary/aromatic N) is 2. The Kier molecular flexibility index (Phi) is 3.26. The van der Waals surface area contributed by atoms with Crippen LogP contribution in [0.25, 0.3) is 0 Å². The fourth-order valence-corrected chi connectivity index (χ4v) is 1.13. The largest absolute Gasteiger partial charge is 0.294 e. The molecule has 2 N–H and O–H groups in total. The molecule has 1 aliphatic heterocycles. The van der Waals surface area contributed by atoms with Crippen molar-refractivity contribution in [3.63, 3.8) is 0 Å². The van der Waals surface area contributed by atoms with Crippen LogP contribution in [-0.2, 0) is 0 Å². The predicted molar refractivity (Wildman–Crippen MR) is 45.9 cm³/mol. The summed E-state index contributed by atoms with van der Waals surface area (Å²) in [5, 5.41) is 6.52.